The van der Waals surface area contributed by atoms with Gasteiger partial charge in [0.15, 0.2) is 0 Å². The van der Waals surface area contributed by atoms with Gasteiger partial charge in [0.1, 0.15) is 10.7 Å². The zero-order chi connectivity index (χ0) is 10.0. The van der Waals surface area contributed by atoms with Crippen molar-refractivity contribution in [2.24, 2.45) is 0 Å². The number of H-pyrrole nitrogens is 1. The highest BCUT2D eigenvalue weighted by atomic mass is 32.1. The molecular weight excluding hydrogens is 194 g/mol. The first-order valence-corrected chi connectivity index (χ1v) is 3.89. The summed E-state index contributed by atoms with van der Waals surface area (Å²) in [4.78, 5) is 2.31. The Bertz CT molecular complexity index is 417. The molecule has 0 amide bonds. The third-order valence-electron chi connectivity index (χ3n) is 1.60. The van der Waals surface area contributed by atoms with Gasteiger partial charge in [-0.2, -0.15) is 5.26 Å². The van der Waals surface area contributed by atoms with Gasteiger partial charge < -0.3 is 4.98 Å². The van der Waals surface area contributed by atoms with E-state index in [2.05, 4.69) is 4.98 Å². The molecule has 2 nitrogen and oxygen atoms in total. The molecule has 0 spiro atoms. The van der Waals surface area contributed by atoms with Crippen molar-refractivity contribution >= 4 is 12.2 Å². The monoisotopic (exact) mass is 200 g/mol. The topological polar surface area (TPSA) is 39.6 Å². The maximum atomic E-state index is 12.2. The second-order valence-corrected chi connectivity index (χ2v) is 2.93. The Morgan fingerprint density at radius 2 is 2.23 bits per heavy atom. The number of nitrogens with zero attached hydrogens (tertiary/aromatic N) is 1. The van der Waals surface area contributed by atoms with Gasteiger partial charge in [-0.05, 0) is 18.6 Å². The van der Waals surface area contributed by atoms with E-state index in [1.807, 2.05) is 6.07 Å². The first kappa shape index (κ1) is 9.81. The molecule has 68 valence electrons. The first-order valence-electron chi connectivity index (χ1n) is 3.48. The molecule has 0 atom stereocenters. The van der Waals surface area contributed by atoms with E-state index in [1.54, 1.807) is 6.92 Å². The van der Waals surface area contributed by atoms with Crippen LogP contribution in [0.1, 0.15) is 23.2 Å². The summed E-state index contributed by atoms with van der Waals surface area (Å²) < 4.78 is 24.5. The smallest absolute Gasteiger partial charge is 0.278 e. The molecule has 1 rings (SSSR count). The second-order valence-electron chi connectivity index (χ2n) is 2.52. The van der Waals surface area contributed by atoms with E-state index in [0.717, 1.165) is 0 Å². The molecule has 0 aliphatic heterocycles. The van der Waals surface area contributed by atoms with E-state index >= 15 is 0 Å². The van der Waals surface area contributed by atoms with Gasteiger partial charge in [0.25, 0.3) is 6.43 Å². The molecule has 13 heavy (non-hydrogen) atoms. The summed E-state index contributed by atoms with van der Waals surface area (Å²) in [6.07, 6.45) is -2.59. The SMILES string of the molecule is Cc1cc(C(F)F)[nH]c(=S)c1C#N. The minimum absolute atomic E-state index is 0.0674. The molecule has 0 aliphatic rings. The summed E-state index contributed by atoms with van der Waals surface area (Å²) in [6, 6.07) is 3.08. The number of nitrogens with one attached hydrogen (secondary N) is 1. The second kappa shape index (κ2) is 3.62. The first-order chi connectivity index (χ1) is 6.06. The third kappa shape index (κ3) is 1.90. The van der Waals surface area contributed by atoms with Crippen molar-refractivity contribution < 1.29 is 8.78 Å². The molecule has 0 radical (unpaired) electrons. The van der Waals surface area contributed by atoms with Gasteiger partial charge in [0.05, 0.1) is 11.3 Å². The lowest BCUT2D eigenvalue weighted by atomic mass is 10.1. The van der Waals surface area contributed by atoms with E-state index < -0.39 is 6.43 Å². The van der Waals surface area contributed by atoms with Gasteiger partial charge in [-0.25, -0.2) is 8.78 Å². The average molecular weight is 200 g/mol. The van der Waals surface area contributed by atoms with Gasteiger partial charge >= 0.3 is 0 Å². The van der Waals surface area contributed by atoms with Gasteiger partial charge in [-0.15, -0.1) is 0 Å². The minimum Gasteiger partial charge on any atom is -0.344 e. The van der Waals surface area contributed by atoms with Crippen molar-refractivity contribution in [1.29, 1.82) is 5.26 Å². The summed E-state index contributed by atoms with van der Waals surface area (Å²) >= 11 is 4.73. The van der Waals surface area contributed by atoms with Crippen LogP contribution in [0.25, 0.3) is 0 Å². The number of hydrogen-bond donors (Lipinski definition) is 1. The molecule has 5 heteroatoms. The van der Waals surface area contributed by atoms with E-state index in [9.17, 15) is 8.78 Å². The van der Waals surface area contributed by atoms with E-state index in [1.165, 1.54) is 6.07 Å². The van der Waals surface area contributed by atoms with Crippen molar-refractivity contribution in [2.75, 3.05) is 0 Å². The normalized spacial score (nSPS) is 10.1. The van der Waals surface area contributed by atoms with Crippen LogP contribution in [0.3, 0.4) is 0 Å². The molecule has 1 aromatic heterocycles. The fraction of sp³-hybridized carbons (Fsp3) is 0.250. The standard InChI is InChI=1S/C8H6F2N2S/c1-4-2-6(7(9)10)12-8(13)5(4)3-11/h2,7H,1H3,(H,12,13). The molecule has 0 saturated carbocycles. The molecule has 1 aromatic rings. The lowest BCUT2D eigenvalue weighted by Gasteiger charge is -2.03. The largest absolute Gasteiger partial charge is 0.344 e. The predicted molar refractivity (Wildman–Crippen MR) is 46.0 cm³/mol. The Kier molecular flexibility index (Phi) is 2.73. The molecule has 0 aliphatic carbocycles. The highest BCUT2D eigenvalue weighted by molar-refractivity contribution is 7.71. The van der Waals surface area contributed by atoms with Gasteiger partial charge in [0, 0.05) is 0 Å². The maximum absolute atomic E-state index is 12.2. The summed E-state index contributed by atoms with van der Waals surface area (Å²) in [5, 5.41) is 8.60. The van der Waals surface area contributed by atoms with Crippen molar-refractivity contribution in [3.63, 3.8) is 0 Å². The van der Waals surface area contributed by atoms with Crippen LogP contribution in [0.5, 0.6) is 0 Å². The van der Waals surface area contributed by atoms with Crippen LogP contribution >= 0.6 is 12.2 Å². The van der Waals surface area contributed by atoms with Crippen molar-refractivity contribution in [2.45, 2.75) is 13.3 Å². The minimum atomic E-state index is -2.59. The Hall–Kier alpha value is -1.28. The number of nitriles is 1. The van der Waals surface area contributed by atoms with E-state index in [-0.39, 0.29) is 15.9 Å². The number of aryl methyl sites for hydroxylation is 1. The molecule has 1 heterocycles. The third-order valence-corrected chi connectivity index (χ3v) is 1.90. The Morgan fingerprint density at radius 1 is 1.62 bits per heavy atom. The number of pyridine rings is 1. The maximum Gasteiger partial charge on any atom is 0.278 e. The van der Waals surface area contributed by atoms with Crippen molar-refractivity contribution in [3.8, 4) is 6.07 Å². The van der Waals surface area contributed by atoms with E-state index in [4.69, 9.17) is 17.5 Å². The highest BCUT2D eigenvalue weighted by Crippen LogP contribution is 2.19. The van der Waals surface area contributed by atoms with Gasteiger partial charge in [-0.3, -0.25) is 0 Å². The molecule has 1 N–H and O–H groups in total. The molecule has 0 fully saturated rings. The molecule has 0 bridgehead atoms. The fourth-order valence-electron chi connectivity index (χ4n) is 0.971. The Balaban J connectivity index is 3.40. The number of alkyl halides is 2. The molecular formula is C8H6F2N2S. The van der Waals surface area contributed by atoms with Gasteiger partial charge in [0.2, 0.25) is 0 Å². The van der Waals surface area contributed by atoms with Crippen LogP contribution in [0.4, 0.5) is 8.78 Å². The summed E-state index contributed by atoms with van der Waals surface area (Å²) in [7, 11) is 0. The Labute approximate surface area is 78.8 Å². The summed E-state index contributed by atoms with van der Waals surface area (Å²) in [5.74, 6) is 0. The number of aromatic amines is 1. The number of halogens is 2. The fourth-order valence-corrected chi connectivity index (χ4v) is 1.30. The Morgan fingerprint density at radius 3 is 2.62 bits per heavy atom. The number of aromatic nitrogens is 1. The van der Waals surface area contributed by atoms with Crippen LogP contribution in [0.2, 0.25) is 0 Å². The predicted octanol–water partition coefficient (Wildman–Crippen LogP) is 2.86. The van der Waals surface area contributed by atoms with Crippen LogP contribution in [-0.4, -0.2) is 4.98 Å². The highest BCUT2D eigenvalue weighted by Gasteiger charge is 2.10. The quantitative estimate of drug-likeness (QED) is 0.708. The van der Waals surface area contributed by atoms with Crippen LogP contribution in [0, 0.1) is 22.9 Å². The molecule has 0 aromatic carbocycles. The van der Waals surface area contributed by atoms with Gasteiger partial charge in [-0.1, -0.05) is 12.2 Å². The van der Waals surface area contributed by atoms with Crippen molar-refractivity contribution in [1.82, 2.24) is 4.98 Å². The van der Waals surface area contributed by atoms with Crippen LogP contribution < -0.4 is 0 Å². The number of hydrogen-bond acceptors (Lipinski definition) is 2. The molecule has 0 saturated heterocycles. The lowest BCUT2D eigenvalue weighted by molar-refractivity contribution is 0.146. The number of rotatable bonds is 1. The van der Waals surface area contributed by atoms with Crippen LogP contribution in [0.15, 0.2) is 6.07 Å². The van der Waals surface area contributed by atoms with E-state index in [0.29, 0.717) is 5.56 Å². The lowest BCUT2D eigenvalue weighted by Crippen LogP contribution is -1.95. The summed E-state index contributed by atoms with van der Waals surface area (Å²) in [5.41, 5.74) is 0.474. The zero-order valence-electron chi connectivity index (χ0n) is 6.77. The zero-order valence-corrected chi connectivity index (χ0v) is 7.58. The van der Waals surface area contributed by atoms with Crippen LogP contribution in [-0.2, 0) is 0 Å². The van der Waals surface area contributed by atoms with Crippen molar-refractivity contribution in [3.05, 3.63) is 27.5 Å². The average Bonchev–Trinajstić information content (AvgIpc) is 2.03. The summed E-state index contributed by atoms with van der Waals surface area (Å²) in [6.45, 7) is 1.58. The molecule has 0 unspecified atom stereocenters.